The van der Waals surface area contributed by atoms with Gasteiger partial charge in [0.25, 0.3) is 0 Å². The van der Waals surface area contributed by atoms with Gasteiger partial charge in [0.05, 0.1) is 17.4 Å². The highest BCUT2D eigenvalue weighted by molar-refractivity contribution is 5.73. The lowest BCUT2D eigenvalue weighted by Crippen LogP contribution is -2.49. The molecule has 286 valence electrons. The smallest absolute Gasteiger partial charge is 0.434 e. The van der Waals surface area contributed by atoms with Crippen molar-refractivity contribution >= 4 is 17.9 Å². The molecule has 6 aromatic rings. The van der Waals surface area contributed by atoms with Crippen LogP contribution in [0.2, 0.25) is 0 Å². The monoisotopic (exact) mass is 753 g/mol. The van der Waals surface area contributed by atoms with E-state index in [1.165, 1.54) is 5.01 Å². The molecule has 2 aliphatic rings. The van der Waals surface area contributed by atoms with E-state index in [0.717, 1.165) is 56.7 Å². The van der Waals surface area contributed by atoms with Crippen LogP contribution < -0.4 is 10.4 Å². The summed E-state index contributed by atoms with van der Waals surface area (Å²) in [6, 6.07) is 52.0. The highest BCUT2D eigenvalue weighted by Crippen LogP contribution is 2.51. The van der Waals surface area contributed by atoms with E-state index >= 15 is 0 Å². The number of carbonyl (C=O) groups is 1. The summed E-state index contributed by atoms with van der Waals surface area (Å²) in [5.74, 6) is 0. The number of anilines is 1. The Balaban J connectivity index is 1.22. The number of pyridine rings is 1. The zero-order chi connectivity index (χ0) is 39.4. The van der Waals surface area contributed by atoms with Crippen LogP contribution in [-0.4, -0.2) is 32.7 Å². The van der Waals surface area contributed by atoms with Crippen molar-refractivity contribution in [3.8, 4) is 11.1 Å². The fourth-order valence-electron chi connectivity index (χ4n) is 7.87. The van der Waals surface area contributed by atoms with Gasteiger partial charge in [-0.1, -0.05) is 153 Å². The number of hydrogen-bond donors (Lipinski definition) is 1. The summed E-state index contributed by atoms with van der Waals surface area (Å²) >= 11 is 0. The molecule has 0 fully saturated rings. The summed E-state index contributed by atoms with van der Waals surface area (Å²) in [6.07, 6.45) is 5.71. The lowest BCUT2D eigenvalue weighted by molar-refractivity contribution is -0.00517. The van der Waals surface area contributed by atoms with E-state index in [1.807, 2.05) is 105 Å². The number of amides is 1. The van der Waals surface area contributed by atoms with Crippen molar-refractivity contribution in [3.05, 3.63) is 197 Å². The summed E-state index contributed by atoms with van der Waals surface area (Å²) in [5, 5.41) is 15.1. The van der Waals surface area contributed by atoms with Crippen LogP contribution in [0.4, 0.5) is 10.5 Å². The van der Waals surface area contributed by atoms with E-state index in [1.54, 1.807) is 0 Å². The van der Waals surface area contributed by atoms with Crippen molar-refractivity contribution in [2.45, 2.75) is 64.0 Å². The van der Waals surface area contributed by atoms with Crippen molar-refractivity contribution < 1.29 is 9.53 Å². The van der Waals surface area contributed by atoms with E-state index in [9.17, 15) is 4.79 Å². The minimum Gasteiger partial charge on any atom is -0.442 e. The van der Waals surface area contributed by atoms with Gasteiger partial charge in [-0.3, -0.25) is 9.99 Å². The maximum Gasteiger partial charge on any atom is 0.434 e. The zero-order valence-corrected chi connectivity index (χ0v) is 32.7. The predicted octanol–water partition coefficient (Wildman–Crippen LogP) is 10.9. The molecule has 0 radical (unpaired) electrons. The lowest BCUT2D eigenvalue weighted by Gasteiger charge is -2.45. The molecular weight excluding hydrogens is 707 g/mol. The predicted molar refractivity (Wildman–Crippen MR) is 225 cm³/mol. The first-order valence-corrected chi connectivity index (χ1v) is 19.5. The molecule has 1 amide bonds. The van der Waals surface area contributed by atoms with Gasteiger partial charge in [0, 0.05) is 18.3 Å². The van der Waals surface area contributed by atoms with Gasteiger partial charge in [-0.25, -0.2) is 15.2 Å². The Morgan fingerprint density at radius 1 is 0.719 bits per heavy atom. The molecule has 9 nitrogen and oxygen atoms in total. The Morgan fingerprint density at radius 3 is 1.91 bits per heavy atom. The molecular formula is C48H47N7O2. The van der Waals surface area contributed by atoms with Gasteiger partial charge in [0.15, 0.2) is 6.17 Å². The van der Waals surface area contributed by atoms with Crippen molar-refractivity contribution in [2.24, 2.45) is 10.4 Å². The van der Waals surface area contributed by atoms with Crippen LogP contribution in [0.15, 0.2) is 174 Å². The quantitative estimate of drug-likeness (QED) is 0.140. The van der Waals surface area contributed by atoms with Crippen LogP contribution in [0.25, 0.3) is 17.2 Å². The van der Waals surface area contributed by atoms with E-state index in [2.05, 4.69) is 119 Å². The molecule has 1 N–H and O–H groups in total. The first-order valence-electron chi connectivity index (χ1n) is 19.5. The van der Waals surface area contributed by atoms with Crippen LogP contribution in [0.3, 0.4) is 0 Å². The van der Waals surface area contributed by atoms with Gasteiger partial charge in [-0.2, -0.15) is 0 Å². The van der Waals surface area contributed by atoms with Gasteiger partial charge in [0.2, 0.25) is 0 Å². The SMILES string of the molecule is CCC1C=Cc2ncccc2N1NCc1ccc(-c2ccccc2C2N(C(=O)OC(C)(C)C)N=NN2C(c2ccccc2)(c2ccccc2)c2ccccc2)cc1. The van der Waals surface area contributed by atoms with E-state index < -0.39 is 23.4 Å². The topological polar surface area (TPSA) is 85.7 Å². The molecule has 0 saturated carbocycles. The van der Waals surface area contributed by atoms with Gasteiger partial charge in [0.1, 0.15) is 11.1 Å². The molecule has 8 rings (SSSR count). The molecule has 57 heavy (non-hydrogen) atoms. The number of nitrogens with zero attached hydrogens (tertiary/aromatic N) is 6. The van der Waals surface area contributed by atoms with E-state index in [-0.39, 0.29) is 6.04 Å². The van der Waals surface area contributed by atoms with E-state index in [4.69, 9.17) is 9.96 Å². The first kappa shape index (κ1) is 37.3. The second kappa shape index (κ2) is 15.9. The van der Waals surface area contributed by atoms with Crippen molar-refractivity contribution in [1.82, 2.24) is 20.4 Å². The normalized spacial score (nSPS) is 16.5. The minimum absolute atomic E-state index is 0.223. The second-order valence-corrected chi connectivity index (χ2v) is 15.3. The molecule has 0 bridgehead atoms. The number of aromatic nitrogens is 1. The number of hydrogen-bond acceptors (Lipinski definition) is 8. The Bertz CT molecular complexity index is 2260. The molecule has 0 spiro atoms. The number of fused-ring (bicyclic) bond motifs is 1. The number of rotatable bonds is 10. The van der Waals surface area contributed by atoms with Gasteiger partial charge < -0.3 is 4.74 Å². The molecule has 2 atom stereocenters. The lowest BCUT2D eigenvalue weighted by atomic mass is 9.75. The van der Waals surface area contributed by atoms with Crippen LogP contribution >= 0.6 is 0 Å². The molecule has 2 aliphatic heterocycles. The average Bonchev–Trinajstić information content (AvgIpc) is 3.69. The maximum absolute atomic E-state index is 14.2. The molecule has 3 heterocycles. The molecule has 0 aliphatic carbocycles. The van der Waals surface area contributed by atoms with Crippen LogP contribution in [0.1, 0.15) is 73.8 Å². The van der Waals surface area contributed by atoms with Crippen LogP contribution in [0, 0.1) is 0 Å². The van der Waals surface area contributed by atoms with Crippen LogP contribution in [0.5, 0.6) is 0 Å². The molecule has 9 heteroatoms. The standard InChI is InChI=1S/C48H47N7O2/c1-5-40-31-32-43-44(26-17-33-49-43)53(40)50-34-35-27-29-36(30-28-35)41-24-15-16-25-42(41)45-54(46(56)57-47(2,3)4)51-52-55(45)48(37-18-9-6-10-19-37,38-20-11-7-12-21-38)39-22-13-8-14-23-39/h6-33,40,45,50H,5,34H2,1-4H3. The van der Waals surface area contributed by atoms with Gasteiger partial charge >= 0.3 is 6.09 Å². The Labute approximate surface area is 334 Å². The molecule has 0 saturated heterocycles. The Hall–Kier alpha value is -6.58. The number of ether oxygens (including phenoxy) is 1. The minimum atomic E-state index is -1.01. The Kier molecular flexibility index (Phi) is 10.4. The summed E-state index contributed by atoms with van der Waals surface area (Å²) in [7, 11) is 0. The fraction of sp³-hybridized carbons (Fsp3) is 0.208. The number of nitrogens with one attached hydrogen (secondary N) is 1. The highest BCUT2D eigenvalue weighted by atomic mass is 16.6. The number of carbonyl (C=O) groups excluding carboxylic acids is 1. The van der Waals surface area contributed by atoms with E-state index in [0.29, 0.717) is 6.54 Å². The molecule has 1 aromatic heterocycles. The van der Waals surface area contributed by atoms with Crippen molar-refractivity contribution in [3.63, 3.8) is 0 Å². The summed E-state index contributed by atoms with van der Waals surface area (Å²) in [5.41, 5.74) is 10.8. The summed E-state index contributed by atoms with van der Waals surface area (Å²) < 4.78 is 6.01. The third-order valence-electron chi connectivity index (χ3n) is 10.5. The third-order valence-corrected chi connectivity index (χ3v) is 10.5. The van der Waals surface area contributed by atoms with Gasteiger partial charge in [-0.15, -0.1) is 5.01 Å². The summed E-state index contributed by atoms with van der Waals surface area (Å²) in [6.45, 7) is 8.40. The third kappa shape index (κ3) is 7.30. The number of hydrazine groups is 1. The second-order valence-electron chi connectivity index (χ2n) is 15.3. The van der Waals surface area contributed by atoms with Crippen molar-refractivity contribution in [2.75, 3.05) is 5.01 Å². The van der Waals surface area contributed by atoms with Crippen molar-refractivity contribution in [1.29, 1.82) is 0 Å². The zero-order valence-electron chi connectivity index (χ0n) is 32.7. The first-order chi connectivity index (χ1) is 27.8. The highest BCUT2D eigenvalue weighted by Gasteiger charge is 2.52. The largest absolute Gasteiger partial charge is 0.442 e. The Morgan fingerprint density at radius 2 is 1.32 bits per heavy atom. The summed E-state index contributed by atoms with van der Waals surface area (Å²) in [4.78, 5) is 18.8. The number of benzene rings is 5. The fourth-order valence-corrected chi connectivity index (χ4v) is 7.87. The van der Waals surface area contributed by atoms with Gasteiger partial charge in [-0.05, 0) is 89.2 Å². The molecule has 5 aromatic carbocycles. The maximum atomic E-state index is 14.2. The molecule has 2 unspecified atom stereocenters. The average molecular weight is 754 g/mol. The van der Waals surface area contributed by atoms with Crippen LogP contribution in [-0.2, 0) is 16.8 Å².